The molecule has 1 atom stereocenters. The quantitative estimate of drug-likeness (QED) is 0.583. The average Bonchev–Trinajstić information content (AvgIpc) is 2.36. The number of hydrogen-bond donors (Lipinski definition) is 0. The molecule has 0 radical (unpaired) electrons. The maximum atomic E-state index is 11.7. The normalized spacial score (nSPS) is 11.4. The van der Waals surface area contributed by atoms with E-state index >= 15 is 0 Å². The highest BCUT2D eigenvalue weighted by Crippen LogP contribution is 2.06. The number of rotatable bonds is 5. The van der Waals surface area contributed by atoms with Crippen LogP contribution in [-0.2, 0) is 19.1 Å². The predicted molar refractivity (Wildman–Crippen MR) is 63.0 cm³/mol. The van der Waals surface area contributed by atoms with E-state index in [1.807, 2.05) is 0 Å². The molecule has 96 valence electrons. The lowest BCUT2D eigenvalue weighted by molar-refractivity contribution is -0.157. The second kappa shape index (κ2) is 6.54. The van der Waals surface area contributed by atoms with Gasteiger partial charge in [-0.1, -0.05) is 18.2 Å². The summed E-state index contributed by atoms with van der Waals surface area (Å²) < 4.78 is 9.51. The topological polar surface area (TPSA) is 69.7 Å². The van der Waals surface area contributed by atoms with Crippen molar-refractivity contribution in [1.29, 1.82) is 0 Å². The van der Waals surface area contributed by atoms with Gasteiger partial charge >= 0.3 is 11.9 Å². The Balaban J connectivity index is 2.76. The Kier molecular flexibility index (Phi) is 5.05. The zero-order chi connectivity index (χ0) is 13.5. The van der Waals surface area contributed by atoms with Gasteiger partial charge in [-0.2, -0.15) is 0 Å². The van der Waals surface area contributed by atoms with E-state index < -0.39 is 23.8 Å². The van der Waals surface area contributed by atoms with Gasteiger partial charge in [0.1, 0.15) is 0 Å². The number of benzene rings is 1. The Hall–Kier alpha value is -2.17. The standard InChI is InChI=1S/C13H14O5/c1-3-17-13(16)11(9(2)14)18-12(15)10-7-5-4-6-8-10/h4-8,11H,3H2,1-2H3/t11-/m0/s1. The summed E-state index contributed by atoms with van der Waals surface area (Å²) in [6.07, 6.45) is -1.50. The average molecular weight is 250 g/mol. The first-order chi connectivity index (χ1) is 8.56. The lowest BCUT2D eigenvalue weighted by atomic mass is 10.2. The molecule has 0 spiro atoms. The molecule has 0 saturated carbocycles. The Morgan fingerprint density at radius 1 is 1.17 bits per heavy atom. The Morgan fingerprint density at radius 2 is 1.78 bits per heavy atom. The highest BCUT2D eigenvalue weighted by molar-refractivity contribution is 6.03. The smallest absolute Gasteiger partial charge is 0.355 e. The second-order valence-corrected chi connectivity index (χ2v) is 3.51. The molecule has 1 aromatic rings. The molecule has 0 amide bonds. The summed E-state index contributed by atoms with van der Waals surface area (Å²) in [7, 11) is 0. The lowest BCUT2D eigenvalue weighted by Gasteiger charge is -2.13. The third kappa shape index (κ3) is 3.69. The van der Waals surface area contributed by atoms with Crippen LogP contribution in [0.1, 0.15) is 24.2 Å². The van der Waals surface area contributed by atoms with Gasteiger partial charge in [-0.15, -0.1) is 0 Å². The Bertz CT molecular complexity index is 438. The number of ketones is 1. The van der Waals surface area contributed by atoms with Crippen LogP contribution in [0, 0.1) is 0 Å². The molecule has 0 aliphatic carbocycles. The summed E-state index contributed by atoms with van der Waals surface area (Å²) in [5.74, 6) is -2.16. The molecule has 1 aromatic carbocycles. The van der Waals surface area contributed by atoms with E-state index in [2.05, 4.69) is 4.74 Å². The Labute approximate surface area is 105 Å². The minimum Gasteiger partial charge on any atom is -0.463 e. The molecule has 0 aliphatic rings. The van der Waals surface area contributed by atoms with E-state index in [4.69, 9.17) is 4.74 Å². The van der Waals surface area contributed by atoms with Gasteiger partial charge in [-0.3, -0.25) is 4.79 Å². The van der Waals surface area contributed by atoms with Crippen LogP contribution in [0.2, 0.25) is 0 Å². The van der Waals surface area contributed by atoms with E-state index in [9.17, 15) is 14.4 Å². The molecule has 5 heteroatoms. The first-order valence-corrected chi connectivity index (χ1v) is 5.49. The van der Waals surface area contributed by atoms with E-state index in [0.29, 0.717) is 0 Å². The monoisotopic (exact) mass is 250 g/mol. The van der Waals surface area contributed by atoms with Gasteiger partial charge < -0.3 is 9.47 Å². The molecule has 0 unspecified atom stereocenters. The third-order valence-electron chi connectivity index (χ3n) is 2.10. The zero-order valence-corrected chi connectivity index (χ0v) is 10.2. The molecule has 18 heavy (non-hydrogen) atoms. The van der Waals surface area contributed by atoms with Gasteiger partial charge in [0.2, 0.25) is 0 Å². The molecule has 1 rings (SSSR count). The van der Waals surface area contributed by atoms with Crippen LogP contribution in [0.25, 0.3) is 0 Å². The summed E-state index contributed by atoms with van der Waals surface area (Å²) >= 11 is 0. The summed E-state index contributed by atoms with van der Waals surface area (Å²) in [6, 6.07) is 8.12. The molecule has 0 heterocycles. The van der Waals surface area contributed by atoms with Crippen molar-refractivity contribution in [2.45, 2.75) is 20.0 Å². The van der Waals surface area contributed by atoms with Crippen molar-refractivity contribution in [2.75, 3.05) is 6.61 Å². The van der Waals surface area contributed by atoms with Gasteiger partial charge in [0.05, 0.1) is 12.2 Å². The summed E-state index contributed by atoms with van der Waals surface area (Å²) in [5, 5.41) is 0. The second-order valence-electron chi connectivity index (χ2n) is 3.51. The number of Topliss-reactive ketones (excluding diaryl/α,β-unsaturated/α-hetero) is 1. The van der Waals surface area contributed by atoms with Gasteiger partial charge in [0.25, 0.3) is 6.10 Å². The van der Waals surface area contributed by atoms with Crippen molar-refractivity contribution in [2.24, 2.45) is 0 Å². The number of carbonyl (C=O) groups excluding carboxylic acids is 3. The number of carbonyl (C=O) groups is 3. The molecule has 0 bridgehead atoms. The minimum absolute atomic E-state index is 0.117. The van der Waals surface area contributed by atoms with Crippen LogP contribution < -0.4 is 0 Å². The van der Waals surface area contributed by atoms with Crippen LogP contribution in [0.15, 0.2) is 30.3 Å². The zero-order valence-electron chi connectivity index (χ0n) is 10.2. The molecule has 0 aliphatic heterocycles. The molecule has 0 aromatic heterocycles. The van der Waals surface area contributed by atoms with Gasteiger partial charge in [0.15, 0.2) is 5.78 Å². The predicted octanol–water partition coefficient (Wildman–Crippen LogP) is 1.36. The molecule has 0 N–H and O–H groups in total. The fourth-order valence-corrected chi connectivity index (χ4v) is 1.26. The van der Waals surface area contributed by atoms with Crippen molar-refractivity contribution >= 4 is 17.7 Å². The van der Waals surface area contributed by atoms with E-state index in [0.717, 1.165) is 0 Å². The summed E-state index contributed by atoms with van der Waals surface area (Å²) in [6.45, 7) is 2.89. The molecule has 0 saturated heterocycles. The van der Waals surface area contributed by atoms with E-state index in [-0.39, 0.29) is 12.2 Å². The largest absolute Gasteiger partial charge is 0.463 e. The maximum Gasteiger partial charge on any atom is 0.355 e. The number of ether oxygens (including phenoxy) is 2. The van der Waals surface area contributed by atoms with Crippen LogP contribution in [-0.4, -0.2) is 30.4 Å². The van der Waals surface area contributed by atoms with Crippen LogP contribution in [0.5, 0.6) is 0 Å². The van der Waals surface area contributed by atoms with Gasteiger partial charge in [0, 0.05) is 0 Å². The first kappa shape index (κ1) is 13.9. The van der Waals surface area contributed by atoms with Crippen molar-refractivity contribution in [3.63, 3.8) is 0 Å². The van der Waals surface area contributed by atoms with Gasteiger partial charge in [-0.05, 0) is 26.0 Å². The third-order valence-corrected chi connectivity index (χ3v) is 2.10. The Morgan fingerprint density at radius 3 is 2.28 bits per heavy atom. The highest BCUT2D eigenvalue weighted by atomic mass is 16.6. The highest BCUT2D eigenvalue weighted by Gasteiger charge is 2.29. The maximum absolute atomic E-state index is 11.7. The lowest BCUT2D eigenvalue weighted by Crippen LogP contribution is -2.35. The van der Waals surface area contributed by atoms with Crippen LogP contribution in [0.4, 0.5) is 0 Å². The molecule has 5 nitrogen and oxygen atoms in total. The number of hydrogen-bond acceptors (Lipinski definition) is 5. The van der Waals surface area contributed by atoms with E-state index in [1.165, 1.54) is 19.1 Å². The fourth-order valence-electron chi connectivity index (χ4n) is 1.26. The van der Waals surface area contributed by atoms with Crippen molar-refractivity contribution in [3.05, 3.63) is 35.9 Å². The number of esters is 2. The SMILES string of the molecule is CCOC(=O)[C@@H](OC(=O)c1ccccc1)C(C)=O. The van der Waals surface area contributed by atoms with Crippen LogP contribution >= 0.6 is 0 Å². The van der Waals surface area contributed by atoms with E-state index in [1.54, 1.807) is 25.1 Å². The summed E-state index contributed by atoms with van der Waals surface area (Å²) in [4.78, 5) is 34.4. The fraction of sp³-hybridized carbons (Fsp3) is 0.308. The molecular weight excluding hydrogens is 236 g/mol. The molecular formula is C13H14O5. The minimum atomic E-state index is -1.50. The van der Waals surface area contributed by atoms with Crippen molar-refractivity contribution in [3.8, 4) is 0 Å². The van der Waals surface area contributed by atoms with Crippen molar-refractivity contribution < 1.29 is 23.9 Å². The first-order valence-electron chi connectivity index (χ1n) is 5.49. The van der Waals surface area contributed by atoms with Crippen molar-refractivity contribution in [1.82, 2.24) is 0 Å². The van der Waals surface area contributed by atoms with Gasteiger partial charge in [-0.25, -0.2) is 9.59 Å². The molecule has 0 fully saturated rings. The van der Waals surface area contributed by atoms with Crippen LogP contribution in [0.3, 0.4) is 0 Å². The summed E-state index contributed by atoms with van der Waals surface area (Å²) in [5.41, 5.74) is 0.271.